The quantitative estimate of drug-likeness (QED) is 0.707. The van der Waals surface area contributed by atoms with Crippen molar-refractivity contribution in [2.75, 3.05) is 32.7 Å². The fourth-order valence-corrected chi connectivity index (χ4v) is 4.82. The number of nitrogens with one attached hydrogen (secondary N) is 1. The van der Waals surface area contributed by atoms with Gasteiger partial charge < -0.3 is 5.32 Å². The van der Waals surface area contributed by atoms with Gasteiger partial charge in [-0.3, -0.25) is 0 Å². The molecule has 1 fully saturated rings. The van der Waals surface area contributed by atoms with Crippen molar-refractivity contribution in [2.45, 2.75) is 58.9 Å². The van der Waals surface area contributed by atoms with Gasteiger partial charge in [0.2, 0.25) is 0 Å². The van der Waals surface area contributed by atoms with E-state index in [1.165, 1.54) is 0 Å². The summed E-state index contributed by atoms with van der Waals surface area (Å²) in [6.07, 6.45) is 4.81. The monoisotopic (exact) mass is 305 g/mol. The molecule has 0 bridgehead atoms. The first-order valence-corrected chi connectivity index (χ1v) is 9.45. The third-order valence-electron chi connectivity index (χ3n) is 3.77. The van der Waals surface area contributed by atoms with Crippen LogP contribution in [0.5, 0.6) is 0 Å². The van der Waals surface area contributed by atoms with E-state index in [2.05, 4.69) is 12.2 Å². The molecular weight excluding hydrogens is 274 g/mol. The fourth-order valence-electron chi connectivity index (χ4n) is 2.78. The smallest absolute Gasteiger partial charge is 0.282 e. The lowest BCUT2D eigenvalue weighted by atomic mass is 10.1. The number of piperidine rings is 1. The van der Waals surface area contributed by atoms with Gasteiger partial charge in [0.1, 0.15) is 0 Å². The SMILES string of the molecule is CCCN(CCC)S(=O)(=O)N1CCCCC1CNCC. The maximum atomic E-state index is 12.9. The molecule has 1 atom stereocenters. The van der Waals surface area contributed by atoms with E-state index in [1.807, 2.05) is 13.8 Å². The summed E-state index contributed by atoms with van der Waals surface area (Å²) in [7, 11) is -3.30. The summed E-state index contributed by atoms with van der Waals surface area (Å²) in [4.78, 5) is 0. The molecule has 6 heteroatoms. The average Bonchev–Trinajstić information content (AvgIpc) is 2.45. The predicted octanol–water partition coefficient (Wildman–Crippen LogP) is 1.82. The second-order valence-electron chi connectivity index (χ2n) is 5.47. The molecule has 5 nitrogen and oxygen atoms in total. The summed E-state index contributed by atoms with van der Waals surface area (Å²) < 4.78 is 29.1. The summed E-state index contributed by atoms with van der Waals surface area (Å²) in [5.41, 5.74) is 0. The molecule has 1 rings (SSSR count). The van der Waals surface area contributed by atoms with Gasteiger partial charge in [-0.05, 0) is 32.2 Å². The molecule has 0 aromatic rings. The van der Waals surface area contributed by atoms with Gasteiger partial charge in [-0.25, -0.2) is 0 Å². The lowest BCUT2D eigenvalue weighted by molar-refractivity contribution is 0.226. The van der Waals surface area contributed by atoms with Crippen molar-refractivity contribution < 1.29 is 8.42 Å². The van der Waals surface area contributed by atoms with Gasteiger partial charge in [-0.1, -0.05) is 27.2 Å². The molecule has 1 saturated heterocycles. The highest BCUT2D eigenvalue weighted by Crippen LogP contribution is 2.22. The van der Waals surface area contributed by atoms with Crippen LogP contribution in [-0.4, -0.2) is 55.8 Å². The Balaban J connectivity index is 2.84. The molecule has 0 aliphatic carbocycles. The summed E-state index contributed by atoms with van der Waals surface area (Å²) in [6.45, 7) is 9.69. The Hall–Kier alpha value is -0.170. The van der Waals surface area contributed by atoms with Crippen LogP contribution in [0.4, 0.5) is 0 Å². The van der Waals surface area contributed by atoms with Crippen LogP contribution in [0.3, 0.4) is 0 Å². The summed E-state index contributed by atoms with van der Waals surface area (Å²) in [6, 6.07) is 0.116. The number of rotatable bonds is 9. The molecule has 1 aliphatic heterocycles. The predicted molar refractivity (Wildman–Crippen MR) is 84.0 cm³/mol. The van der Waals surface area contributed by atoms with Crippen molar-refractivity contribution in [2.24, 2.45) is 0 Å². The Morgan fingerprint density at radius 1 is 1.15 bits per heavy atom. The molecule has 0 aromatic carbocycles. The first-order chi connectivity index (χ1) is 9.57. The summed E-state index contributed by atoms with van der Waals surface area (Å²) >= 11 is 0. The minimum atomic E-state index is -3.30. The van der Waals surface area contributed by atoms with Gasteiger partial charge in [0.05, 0.1) is 0 Å². The van der Waals surface area contributed by atoms with Crippen molar-refractivity contribution >= 4 is 10.2 Å². The van der Waals surface area contributed by atoms with Gasteiger partial charge in [-0.2, -0.15) is 17.0 Å². The van der Waals surface area contributed by atoms with E-state index in [-0.39, 0.29) is 6.04 Å². The maximum absolute atomic E-state index is 12.9. The van der Waals surface area contributed by atoms with Crippen LogP contribution in [0.2, 0.25) is 0 Å². The molecule has 0 spiro atoms. The largest absolute Gasteiger partial charge is 0.315 e. The standard InChI is InChI=1S/C14H31N3O2S/c1-4-10-16(11-5-2)20(18,19)17-12-8-7-9-14(17)13-15-6-3/h14-15H,4-13H2,1-3H3. The van der Waals surface area contributed by atoms with Crippen molar-refractivity contribution in [1.29, 1.82) is 0 Å². The van der Waals surface area contributed by atoms with E-state index in [0.29, 0.717) is 19.6 Å². The molecule has 1 unspecified atom stereocenters. The van der Waals surface area contributed by atoms with Crippen LogP contribution in [0.25, 0.3) is 0 Å². The van der Waals surface area contributed by atoms with Crippen molar-refractivity contribution in [1.82, 2.24) is 13.9 Å². The van der Waals surface area contributed by atoms with E-state index >= 15 is 0 Å². The first-order valence-electron chi connectivity index (χ1n) is 8.05. The van der Waals surface area contributed by atoms with Crippen LogP contribution in [0.1, 0.15) is 52.9 Å². The van der Waals surface area contributed by atoms with Crippen LogP contribution in [0, 0.1) is 0 Å². The Kier molecular flexibility index (Phi) is 8.02. The van der Waals surface area contributed by atoms with Gasteiger partial charge in [0.25, 0.3) is 10.2 Å². The van der Waals surface area contributed by atoms with E-state index in [9.17, 15) is 8.42 Å². The van der Waals surface area contributed by atoms with E-state index in [4.69, 9.17) is 0 Å². The number of likely N-dealkylation sites (N-methyl/N-ethyl adjacent to an activating group) is 1. The Bertz CT molecular complexity index is 353. The normalized spacial score (nSPS) is 21.5. The second-order valence-corrected chi connectivity index (χ2v) is 7.36. The Morgan fingerprint density at radius 3 is 2.35 bits per heavy atom. The van der Waals surface area contributed by atoms with Crippen LogP contribution in [0.15, 0.2) is 0 Å². The van der Waals surface area contributed by atoms with Crippen molar-refractivity contribution in [3.63, 3.8) is 0 Å². The molecule has 0 saturated carbocycles. The Morgan fingerprint density at radius 2 is 1.80 bits per heavy atom. The van der Waals surface area contributed by atoms with Crippen LogP contribution in [-0.2, 0) is 10.2 Å². The second kappa shape index (κ2) is 8.97. The topological polar surface area (TPSA) is 52.7 Å². The number of nitrogens with zero attached hydrogens (tertiary/aromatic N) is 2. The zero-order chi connectivity index (χ0) is 15.0. The van der Waals surface area contributed by atoms with Crippen molar-refractivity contribution in [3.05, 3.63) is 0 Å². The van der Waals surface area contributed by atoms with Crippen molar-refractivity contribution in [3.8, 4) is 0 Å². The molecule has 20 heavy (non-hydrogen) atoms. The number of hydrogen-bond donors (Lipinski definition) is 1. The van der Waals surface area contributed by atoms with Crippen LogP contribution < -0.4 is 5.32 Å². The minimum Gasteiger partial charge on any atom is -0.315 e. The lowest BCUT2D eigenvalue weighted by Gasteiger charge is -2.38. The molecule has 0 radical (unpaired) electrons. The third kappa shape index (κ3) is 4.69. The van der Waals surface area contributed by atoms with E-state index in [0.717, 1.165) is 45.2 Å². The maximum Gasteiger partial charge on any atom is 0.282 e. The van der Waals surface area contributed by atoms with Gasteiger partial charge in [0.15, 0.2) is 0 Å². The first kappa shape index (κ1) is 17.9. The summed E-state index contributed by atoms with van der Waals surface area (Å²) in [5.74, 6) is 0. The molecule has 0 aromatic heterocycles. The van der Waals surface area contributed by atoms with E-state index in [1.54, 1.807) is 8.61 Å². The Labute approximate surface area is 124 Å². The molecule has 120 valence electrons. The van der Waals surface area contributed by atoms with Crippen LogP contribution >= 0.6 is 0 Å². The average molecular weight is 305 g/mol. The molecular formula is C14H31N3O2S. The fraction of sp³-hybridized carbons (Fsp3) is 1.00. The third-order valence-corrected chi connectivity index (χ3v) is 5.86. The summed E-state index contributed by atoms with van der Waals surface area (Å²) in [5, 5.41) is 3.30. The molecule has 1 N–H and O–H groups in total. The highest BCUT2D eigenvalue weighted by molar-refractivity contribution is 7.86. The number of hydrogen-bond acceptors (Lipinski definition) is 3. The van der Waals surface area contributed by atoms with E-state index < -0.39 is 10.2 Å². The zero-order valence-electron chi connectivity index (χ0n) is 13.3. The molecule has 1 aliphatic rings. The van der Waals surface area contributed by atoms with Gasteiger partial charge in [-0.15, -0.1) is 0 Å². The van der Waals surface area contributed by atoms with Gasteiger partial charge in [0, 0.05) is 32.2 Å². The molecule has 1 heterocycles. The molecule has 0 amide bonds. The minimum absolute atomic E-state index is 0.116. The highest BCUT2D eigenvalue weighted by atomic mass is 32.2. The van der Waals surface area contributed by atoms with Gasteiger partial charge >= 0.3 is 0 Å². The lowest BCUT2D eigenvalue weighted by Crippen LogP contribution is -2.53. The zero-order valence-corrected chi connectivity index (χ0v) is 14.1. The highest BCUT2D eigenvalue weighted by Gasteiger charge is 2.35.